The standard InChI is InChI=1S/C19H23N5O4S/c1-4-10-23-11-9-20-18(23)29-12-15(25)22-24-16(26)19(2,21-17(24)27)13-5-7-14(28-3)8-6-13/h5-9,11H,4,10,12H2,1-3H3,(H,21,27)(H,22,25). The molecule has 0 radical (unpaired) electrons. The number of hydrogen-bond acceptors (Lipinski definition) is 6. The van der Waals surface area contributed by atoms with Crippen LogP contribution >= 0.6 is 11.8 Å². The van der Waals surface area contributed by atoms with E-state index >= 15 is 0 Å². The molecule has 1 unspecified atom stereocenters. The van der Waals surface area contributed by atoms with Crippen LogP contribution in [0.3, 0.4) is 0 Å². The molecule has 1 saturated heterocycles. The van der Waals surface area contributed by atoms with E-state index in [4.69, 9.17) is 4.74 Å². The number of hydrogen-bond donors (Lipinski definition) is 2. The molecule has 9 nitrogen and oxygen atoms in total. The Bertz CT molecular complexity index is 914. The van der Waals surface area contributed by atoms with Crippen LogP contribution in [0.15, 0.2) is 41.8 Å². The minimum atomic E-state index is -1.28. The van der Waals surface area contributed by atoms with Crippen LogP contribution in [0.1, 0.15) is 25.8 Å². The molecule has 2 heterocycles. The maximum absolute atomic E-state index is 12.9. The number of carbonyl (C=O) groups excluding carboxylic acids is 3. The van der Waals surface area contributed by atoms with E-state index in [1.807, 2.05) is 10.8 Å². The van der Waals surface area contributed by atoms with E-state index in [-0.39, 0.29) is 5.75 Å². The van der Waals surface area contributed by atoms with Crippen LogP contribution in [0, 0.1) is 0 Å². The van der Waals surface area contributed by atoms with Crippen molar-refractivity contribution in [3.8, 4) is 5.75 Å². The summed E-state index contributed by atoms with van der Waals surface area (Å²) in [5.41, 5.74) is 1.70. The van der Waals surface area contributed by atoms with Gasteiger partial charge in [0.2, 0.25) is 5.91 Å². The Morgan fingerprint density at radius 2 is 2.03 bits per heavy atom. The lowest BCUT2D eigenvalue weighted by atomic mass is 9.92. The summed E-state index contributed by atoms with van der Waals surface area (Å²) < 4.78 is 7.07. The Balaban J connectivity index is 1.64. The molecule has 1 aromatic heterocycles. The Morgan fingerprint density at radius 3 is 2.69 bits per heavy atom. The van der Waals surface area contributed by atoms with Crippen LogP contribution < -0.4 is 15.5 Å². The number of aromatic nitrogens is 2. The average molecular weight is 417 g/mol. The molecule has 4 amide bonds. The van der Waals surface area contributed by atoms with Gasteiger partial charge in [0.05, 0.1) is 12.9 Å². The van der Waals surface area contributed by atoms with Crippen molar-refractivity contribution in [2.75, 3.05) is 12.9 Å². The van der Waals surface area contributed by atoms with Crippen LogP contribution in [-0.4, -0.2) is 45.3 Å². The molecule has 154 valence electrons. The number of imidazole rings is 1. The molecule has 1 aliphatic rings. The van der Waals surface area contributed by atoms with Gasteiger partial charge >= 0.3 is 6.03 Å². The van der Waals surface area contributed by atoms with Gasteiger partial charge in [-0.25, -0.2) is 9.78 Å². The van der Waals surface area contributed by atoms with Gasteiger partial charge < -0.3 is 14.6 Å². The van der Waals surface area contributed by atoms with Crippen LogP contribution in [0.4, 0.5) is 4.79 Å². The van der Waals surface area contributed by atoms with Gasteiger partial charge in [-0.2, -0.15) is 5.01 Å². The van der Waals surface area contributed by atoms with Crippen molar-refractivity contribution in [1.82, 2.24) is 25.3 Å². The first-order chi connectivity index (χ1) is 13.9. The van der Waals surface area contributed by atoms with E-state index in [9.17, 15) is 14.4 Å². The molecule has 1 aromatic carbocycles. The van der Waals surface area contributed by atoms with Gasteiger partial charge in [0.1, 0.15) is 11.3 Å². The molecule has 0 spiro atoms. The molecule has 1 atom stereocenters. The summed E-state index contributed by atoms with van der Waals surface area (Å²) in [6.45, 7) is 4.45. The van der Waals surface area contributed by atoms with Gasteiger partial charge in [-0.3, -0.25) is 15.0 Å². The average Bonchev–Trinajstić information content (AvgIpc) is 3.25. The Labute approximate surface area is 172 Å². The number of ether oxygens (including phenoxy) is 1. The fraction of sp³-hybridized carbons (Fsp3) is 0.368. The second-order valence-corrected chi connectivity index (χ2v) is 7.59. The lowest BCUT2D eigenvalue weighted by Crippen LogP contribution is -2.48. The van der Waals surface area contributed by atoms with Gasteiger partial charge in [0, 0.05) is 18.9 Å². The van der Waals surface area contributed by atoms with Crippen LogP contribution in [0.5, 0.6) is 5.75 Å². The first-order valence-corrected chi connectivity index (χ1v) is 10.1. The highest BCUT2D eigenvalue weighted by molar-refractivity contribution is 7.99. The van der Waals surface area contributed by atoms with Gasteiger partial charge in [-0.1, -0.05) is 30.8 Å². The number of methoxy groups -OCH3 is 1. The number of rotatable bonds is 8. The number of nitrogens with one attached hydrogen (secondary N) is 2. The Kier molecular flexibility index (Phi) is 6.12. The van der Waals surface area contributed by atoms with E-state index in [0.29, 0.717) is 16.5 Å². The first kappa shape index (κ1) is 20.7. The summed E-state index contributed by atoms with van der Waals surface area (Å²) in [5.74, 6) is -0.364. The largest absolute Gasteiger partial charge is 0.497 e. The van der Waals surface area contributed by atoms with Crippen molar-refractivity contribution in [3.63, 3.8) is 0 Å². The zero-order valence-corrected chi connectivity index (χ0v) is 17.3. The maximum atomic E-state index is 12.9. The topological polar surface area (TPSA) is 106 Å². The Morgan fingerprint density at radius 1 is 1.31 bits per heavy atom. The monoisotopic (exact) mass is 417 g/mol. The molecular weight excluding hydrogens is 394 g/mol. The number of hydrazine groups is 1. The van der Waals surface area contributed by atoms with E-state index in [1.165, 1.54) is 11.8 Å². The lowest BCUT2D eigenvalue weighted by molar-refractivity contribution is -0.138. The van der Waals surface area contributed by atoms with E-state index in [2.05, 4.69) is 22.7 Å². The number of amides is 4. The number of imide groups is 1. The number of aryl methyl sites for hydroxylation is 1. The normalized spacial score (nSPS) is 18.7. The zero-order valence-electron chi connectivity index (χ0n) is 16.5. The third-order valence-corrected chi connectivity index (χ3v) is 5.57. The molecule has 3 rings (SSSR count). The molecule has 1 fully saturated rings. The molecule has 29 heavy (non-hydrogen) atoms. The molecule has 0 aliphatic carbocycles. The molecule has 0 saturated carbocycles. The smallest absolute Gasteiger partial charge is 0.344 e. The van der Waals surface area contributed by atoms with Gasteiger partial charge in [0.15, 0.2) is 5.16 Å². The lowest BCUT2D eigenvalue weighted by Gasteiger charge is -2.22. The van der Waals surface area contributed by atoms with Crippen molar-refractivity contribution in [1.29, 1.82) is 0 Å². The van der Waals surface area contributed by atoms with Crippen molar-refractivity contribution in [3.05, 3.63) is 42.2 Å². The maximum Gasteiger partial charge on any atom is 0.344 e. The fourth-order valence-electron chi connectivity index (χ4n) is 2.99. The minimum Gasteiger partial charge on any atom is -0.497 e. The first-order valence-electron chi connectivity index (χ1n) is 9.13. The summed E-state index contributed by atoms with van der Waals surface area (Å²) in [6.07, 6.45) is 4.47. The molecule has 2 aromatic rings. The third-order valence-electron chi connectivity index (χ3n) is 4.57. The number of urea groups is 1. The van der Waals surface area contributed by atoms with Crippen molar-refractivity contribution >= 4 is 29.6 Å². The second-order valence-electron chi connectivity index (χ2n) is 6.65. The van der Waals surface area contributed by atoms with Crippen LogP contribution in [0.25, 0.3) is 0 Å². The zero-order chi connectivity index (χ0) is 21.0. The Hall–Kier alpha value is -3.01. The molecule has 10 heteroatoms. The third kappa shape index (κ3) is 4.21. The quantitative estimate of drug-likeness (QED) is 0.502. The summed E-state index contributed by atoms with van der Waals surface area (Å²) in [7, 11) is 1.54. The minimum absolute atomic E-state index is 0.0248. The number of benzene rings is 1. The molecule has 2 N–H and O–H groups in total. The number of carbonyl (C=O) groups is 3. The number of nitrogens with zero attached hydrogens (tertiary/aromatic N) is 3. The highest BCUT2D eigenvalue weighted by atomic mass is 32.2. The summed E-state index contributed by atoms with van der Waals surface area (Å²) in [5, 5.41) is 4.08. The van der Waals surface area contributed by atoms with E-state index in [1.54, 1.807) is 44.5 Å². The van der Waals surface area contributed by atoms with E-state index in [0.717, 1.165) is 18.0 Å². The predicted octanol–water partition coefficient (Wildman–Crippen LogP) is 1.89. The predicted molar refractivity (Wildman–Crippen MR) is 107 cm³/mol. The fourth-order valence-corrected chi connectivity index (χ4v) is 3.77. The molecule has 0 bridgehead atoms. The molecular formula is C19H23N5O4S. The summed E-state index contributed by atoms with van der Waals surface area (Å²) in [4.78, 5) is 41.8. The van der Waals surface area contributed by atoms with Gasteiger partial charge in [0.25, 0.3) is 5.91 Å². The van der Waals surface area contributed by atoms with Crippen molar-refractivity contribution in [2.24, 2.45) is 0 Å². The summed E-state index contributed by atoms with van der Waals surface area (Å²) >= 11 is 1.24. The van der Waals surface area contributed by atoms with Gasteiger partial charge in [-0.15, -0.1) is 0 Å². The van der Waals surface area contributed by atoms with Gasteiger partial charge in [-0.05, 0) is 31.0 Å². The SMILES string of the molecule is CCCn1ccnc1SCC(=O)NN1C(=O)NC(C)(c2ccc(OC)cc2)C1=O. The van der Waals surface area contributed by atoms with E-state index < -0.39 is 23.4 Å². The summed E-state index contributed by atoms with van der Waals surface area (Å²) in [6, 6.07) is 6.13. The van der Waals surface area contributed by atoms with Crippen LogP contribution in [-0.2, 0) is 21.7 Å². The number of thioether (sulfide) groups is 1. The second kappa shape index (κ2) is 8.56. The van der Waals surface area contributed by atoms with Crippen LogP contribution in [0.2, 0.25) is 0 Å². The highest BCUT2D eigenvalue weighted by Crippen LogP contribution is 2.29. The highest BCUT2D eigenvalue weighted by Gasteiger charge is 2.50. The molecule has 1 aliphatic heterocycles. The van der Waals surface area contributed by atoms with Crippen molar-refractivity contribution < 1.29 is 19.1 Å². The van der Waals surface area contributed by atoms with Crippen molar-refractivity contribution in [2.45, 2.75) is 37.5 Å².